The number of esters is 1. The third-order valence-corrected chi connectivity index (χ3v) is 2.06. The molecule has 0 aliphatic heterocycles. The lowest BCUT2D eigenvalue weighted by atomic mass is 10.3. The zero-order valence-electron chi connectivity index (χ0n) is 7.37. The summed E-state index contributed by atoms with van der Waals surface area (Å²) in [6.45, 7) is 0. The number of carbonyl (C=O) groups excluding carboxylic acids is 1. The SMILES string of the molecule is O=C(Oc1cccc(O)c1F)C1CC1. The zero-order chi connectivity index (χ0) is 10.1. The van der Waals surface area contributed by atoms with E-state index >= 15 is 0 Å². The van der Waals surface area contributed by atoms with Gasteiger partial charge in [0.2, 0.25) is 5.82 Å². The largest absolute Gasteiger partial charge is 0.505 e. The predicted octanol–water partition coefficient (Wildman–Crippen LogP) is 1.85. The van der Waals surface area contributed by atoms with Gasteiger partial charge in [-0.1, -0.05) is 6.07 Å². The molecule has 74 valence electrons. The number of aromatic hydroxyl groups is 1. The maximum absolute atomic E-state index is 13.1. The van der Waals surface area contributed by atoms with E-state index in [2.05, 4.69) is 0 Å². The third-order valence-electron chi connectivity index (χ3n) is 2.06. The molecule has 0 atom stereocenters. The first-order valence-electron chi connectivity index (χ1n) is 4.37. The number of benzene rings is 1. The standard InChI is InChI=1S/C10H9FO3/c11-9-7(12)2-1-3-8(9)14-10(13)6-4-5-6/h1-3,6,12H,4-5H2. The van der Waals surface area contributed by atoms with Gasteiger partial charge in [-0.3, -0.25) is 4.79 Å². The Balaban J connectivity index is 2.15. The van der Waals surface area contributed by atoms with Crippen molar-refractivity contribution in [1.82, 2.24) is 0 Å². The van der Waals surface area contributed by atoms with Crippen LogP contribution in [-0.4, -0.2) is 11.1 Å². The Bertz CT molecular complexity index is 372. The highest BCUT2D eigenvalue weighted by Crippen LogP contribution is 2.32. The van der Waals surface area contributed by atoms with Crippen molar-refractivity contribution in [3.05, 3.63) is 24.0 Å². The van der Waals surface area contributed by atoms with Crippen molar-refractivity contribution < 1.29 is 19.0 Å². The van der Waals surface area contributed by atoms with Crippen molar-refractivity contribution in [2.45, 2.75) is 12.8 Å². The minimum atomic E-state index is -0.887. The van der Waals surface area contributed by atoms with Gasteiger partial charge < -0.3 is 9.84 Å². The molecule has 1 saturated carbocycles. The molecule has 1 N–H and O–H groups in total. The van der Waals surface area contributed by atoms with Crippen molar-refractivity contribution in [3.63, 3.8) is 0 Å². The van der Waals surface area contributed by atoms with Crippen molar-refractivity contribution in [3.8, 4) is 11.5 Å². The number of carbonyl (C=O) groups is 1. The number of phenols is 1. The van der Waals surface area contributed by atoms with Crippen molar-refractivity contribution in [2.24, 2.45) is 5.92 Å². The van der Waals surface area contributed by atoms with Crippen LogP contribution in [0.15, 0.2) is 18.2 Å². The molecular weight excluding hydrogens is 187 g/mol. The monoisotopic (exact) mass is 196 g/mol. The Morgan fingerprint density at radius 2 is 2.21 bits per heavy atom. The maximum Gasteiger partial charge on any atom is 0.314 e. The highest BCUT2D eigenvalue weighted by atomic mass is 19.1. The molecule has 1 aromatic rings. The molecule has 0 spiro atoms. The zero-order valence-corrected chi connectivity index (χ0v) is 7.37. The molecule has 0 heterocycles. The summed E-state index contributed by atoms with van der Waals surface area (Å²) in [6.07, 6.45) is 1.61. The van der Waals surface area contributed by atoms with Crippen LogP contribution < -0.4 is 4.74 Å². The normalized spacial score (nSPS) is 15.2. The fourth-order valence-corrected chi connectivity index (χ4v) is 1.09. The quantitative estimate of drug-likeness (QED) is 0.580. The van der Waals surface area contributed by atoms with Gasteiger partial charge in [0.05, 0.1) is 5.92 Å². The summed E-state index contributed by atoms with van der Waals surface area (Å²) < 4.78 is 17.9. The molecule has 0 radical (unpaired) electrons. The van der Waals surface area contributed by atoms with Gasteiger partial charge in [0.25, 0.3) is 0 Å². The molecule has 1 aliphatic carbocycles. The Morgan fingerprint density at radius 3 is 2.86 bits per heavy atom. The average Bonchev–Trinajstić information content (AvgIpc) is 2.95. The van der Waals surface area contributed by atoms with E-state index in [-0.39, 0.29) is 11.7 Å². The fourth-order valence-electron chi connectivity index (χ4n) is 1.09. The second kappa shape index (κ2) is 3.29. The molecule has 1 fully saturated rings. The van der Waals surface area contributed by atoms with E-state index in [1.54, 1.807) is 0 Å². The molecule has 4 heteroatoms. The minimum Gasteiger partial charge on any atom is -0.505 e. The molecule has 0 amide bonds. The van der Waals surface area contributed by atoms with E-state index in [4.69, 9.17) is 9.84 Å². The van der Waals surface area contributed by atoms with Crippen molar-refractivity contribution in [1.29, 1.82) is 0 Å². The van der Waals surface area contributed by atoms with Crippen LogP contribution in [-0.2, 0) is 4.79 Å². The van der Waals surface area contributed by atoms with Crippen molar-refractivity contribution >= 4 is 5.97 Å². The van der Waals surface area contributed by atoms with Crippen LogP contribution in [0.3, 0.4) is 0 Å². The Hall–Kier alpha value is -1.58. The van der Waals surface area contributed by atoms with Crippen LogP contribution in [0.4, 0.5) is 4.39 Å². The third kappa shape index (κ3) is 1.69. The summed E-state index contributed by atoms with van der Waals surface area (Å²) in [5, 5.41) is 9.00. The minimum absolute atomic E-state index is 0.0863. The summed E-state index contributed by atoms with van der Waals surface area (Å²) in [6, 6.07) is 3.94. The lowest BCUT2D eigenvalue weighted by Crippen LogP contribution is -2.10. The van der Waals surface area contributed by atoms with Crippen molar-refractivity contribution in [2.75, 3.05) is 0 Å². The Kier molecular flexibility index (Phi) is 2.11. The first kappa shape index (κ1) is 8.99. The van der Waals surface area contributed by atoms with Gasteiger partial charge in [-0.25, -0.2) is 0 Å². The molecule has 0 saturated heterocycles. The predicted molar refractivity (Wildman–Crippen MR) is 46.4 cm³/mol. The molecule has 0 unspecified atom stereocenters. The molecule has 3 nitrogen and oxygen atoms in total. The maximum atomic E-state index is 13.1. The van der Waals surface area contributed by atoms with Crippen LogP contribution in [0.1, 0.15) is 12.8 Å². The van der Waals surface area contributed by atoms with Gasteiger partial charge in [0.1, 0.15) is 0 Å². The smallest absolute Gasteiger partial charge is 0.314 e. The lowest BCUT2D eigenvalue weighted by Gasteiger charge is -2.04. The molecule has 0 aromatic heterocycles. The molecule has 1 aliphatic rings. The fraction of sp³-hybridized carbons (Fsp3) is 0.300. The molecule has 2 rings (SSSR count). The molecule has 1 aromatic carbocycles. The van der Waals surface area contributed by atoms with Gasteiger partial charge in [-0.15, -0.1) is 0 Å². The molecule has 14 heavy (non-hydrogen) atoms. The molecule has 0 bridgehead atoms. The highest BCUT2D eigenvalue weighted by Gasteiger charge is 2.32. The summed E-state index contributed by atoms with van der Waals surface area (Å²) in [5.74, 6) is -2.11. The van der Waals surface area contributed by atoms with E-state index in [0.29, 0.717) is 0 Å². The van der Waals surface area contributed by atoms with Gasteiger partial charge in [-0.2, -0.15) is 4.39 Å². The summed E-state index contributed by atoms with van der Waals surface area (Å²) in [5.41, 5.74) is 0. The Morgan fingerprint density at radius 1 is 1.50 bits per heavy atom. The number of hydrogen-bond donors (Lipinski definition) is 1. The first-order valence-corrected chi connectivity index (χ1v) is 4.37. The number of phenolic OH excluding ortho intramolecular Hbond substituents is 1. The summed E-state index contributed by atoms with van der Waals surface area (Å²) >= 11 is 0. The number of ether oxygens (including phenoxy) is 1. The second-order valence-corrected chi connectivity index (χ2v) is 3.28. The van der Waals surface area contributed by atoms with Gasteiger partial charge in [0, 0.05) is 0 Å². The van der Waals surface area contributed by atoms with Gasteiger partial charge >= 0.3 is 5.97 Å². The average molecular weight is 196 g/mol. The topological polar surface area (TPSA) is 46.5 Å². The number of hydrogen-bond acceptors (Lipinski definition) is 3. The van der Waals surface area contributed by atoms with Crippen LogP contribution in [0, 0.1) is 11.7 Å². The van der Waals surface area contributed by atoms with E-state index < -0.39 is 17.5 Å². The van der Waals surface area contributed by atoms with Crippen LogP contribution >= 0.6 is 0 Å². The van der Waals surface area contributed by atoms with E-state index in [1.807, 2.05) is 0 Å². The summed E-state index contributed by atoms with van der Waals surface area (Å²) in [7, 11) is 0. The second-order valence-electron chi connectivity index (χ2n) is 3.28. The highest BCUT2D eigenvalue weighted by molar-refractivity contribution is 5.77. The summed E-state index contributed by atoms with van der Waals surface area (Å²) in [4.78, 5) is 11.2. The Labute approximate surface area is 80.1 Å². The van der Waals surface area contributed by atoms with Gasteiger partial charge in [0.15, 0.2) is 11.5 Å². The van der Waals surface area contributed by atoms with Crippen LogP contribution in [0.2, 0.25) is 0 Å². The van der Waals surface area contributed by atoms with Gasteiger partial charge in [-0.05, 0) is 25.0 Å². The lowest BCUT2D eigenvalue weighted by molar-refractivity contribution is -0.136. The van der Waals surface area contributed by atoms with E-state index in [1.165, 1.54) is 18.2 Å². The number of halogens is 1. The first-order chi connectivity index (χ1) is 6.68. The van der Waals surface area contributed by atoms with Crippen LogP contribution in [0.5, 0.6) is 11.5 Å². The van der Waals surface area contributed by atoms with E-state index in [0.717, 1.165) is 12.8 Å². The van der Waals surface area contributed by atoms with Crippen LogP contribution in [0.25, 0.3) is 0 Å². The van der Waals surface area contributed by atoms with E-state index in [9.17, 15) is 9.18 Å². The molecular formula is C10H9FO3. The number of rotatable bonds is 2.